The summed E-state index contributed by atoms with van der Waals surface area (Å²) in [6, 6.07) is 1.53. The molecule has 18 heavy (non-hydrogen) atoms. The monoisotopic (exact) mass is 249 g/mol. The van der Waals surface area contributed by atoms with Gasteiger partial charge in [0.05, 0.1) is 0 Å². The minimum absolute atomic E-state index is 0.512. The van der Waals surface area contributed by atoms with Gasteiger partial charge in [0.15, 0.2) is 0 Å². The minimum Gasteiger partial charge on any atom is -0.310 e. The lowest BCUT2D eigenvalue weighted by Crippen LogP contribution is -2.54. The number of hydrogen-bond acceptors (Lipinski definition) is 1. The van der Waals surface area contributed by atoms with Crippen LogP contribution in [-0.2, 0) is 0 Å². The van der Waals surface area contributed by atoms with Crippen LogP contribution in [0.3, 0.4) is 0 Å². The third-order valence-electron chi connectivity index (χ3n) is 7.12. The van der Waals surface area contributed by atoms with Gasteiger partial charge in [0.1, 0.15) is 0 Å². The van der Waals surface area contributed by atoms with E-state index in [0.717, 1.165) is 29.8 Å². The Kier molecular flexibility index (Phi) is 2.86. The van der Waals surface area contributed by atoms with Gasteiger partial charge < -0.3 is 5.32 Å². The van der Waals surface area contributed by atoms with Crippen LogP contribution in [0.1, 0.15) is 66.7 Å². The minimum atomic E-state index is 0.512. The van der Waals surface area contributed by atoms with Crippen LogP contribution in [0.2, 0.25) is 0 Å². The molecular formula is C17H31N. The van der Waals surface area contributed by atoms with Crippen molar-refractivity contribution in [2.45, 2.75) is 78.8 Å². The maximum Gasteiger partial charge on any atom is 0.0177 e. The highest BCUT2D eigenvalue weighted by molar-refractivity contribution is 5.13. The quantitative estimate of drug-likeness (QED) is 0.772. The zero-order valence-corrected chi connectivity index (χ0v) is 12.9. The van der Waals surface area contributed by atoms with Crippen molar-refractivity contribution in [3.8, 4) is 0 Å². The first-order chi connectivity index (χ1) is 8.34. The second kappa shape index (κ2) is 3.98. The highest BCUT2D eigenvalue weighted by atomic mass is 15.0. The van der Waals surface area contributed by atoms with Crippen LogP contribution in [0, 0.1) is 28.6 Å². The Bertz CT molecular complexity index is 330. The Morgan fingerprint density at radius 3 is 2.22 bits per heavy atom. The number of fused-ring (bicyclic) bond motifs is 2. The maximum absolute atomic E-state index is 4.12. The highest BCUT2D eigenvalue weighted by Gasteiger charge is 2.59. The van der Waals surface area contributed by atoms with Gasteiger partial charge in [-0.05, 0) is 60.7 Å². The van der Waals surface area contributed by atoms with Gasteiger partial charge >= 0.3 is 0 Å². The van der Waals surface area contributed by atoms with Gasteiger partial charge in [-0.2, -0.15) is 0 Å². The van der Waals surface area contributed by atoms with Gasteiger partial charge in [0, 0.05) is 12.1 Å². The molecule has 3 saturated carbocycles. The van der Waals surface area contributed by atoms with E-state index in [1.807, 2.05) is 0 Å². The summed E-state index contributed by atoms with van der Waals surface area (Å²) in [6.45, 7) is 12.5. The largest absolute Gasteiger partial charge is 0.310 e. The second-order valence-electron chi connectivity index (χ2n) is 8.54. The van der Waals surface area contributed by atoms with Crippen LogP contribution < -0.4 is 5.32 Å². The van der Waals surface area contributed by atoms with Crippen LogP contribution in [-0.4, -0.2) is 12.1 Å². The van der Waals surface area contributed by atoms with Crippen molar-refractivity contribution in [2.75, 3.05) is 0 Å². The van der Waals surface area contributed by atoms with Crippen LogP contribution in [0.15, 0.2) is 0 Å². The molecule has 1 heteroatoms. The summed E-state index contributed by atoms with van der Waals surface area (Å²) in [5.74, 6) is 2.75. The molecule has 104 valence electrons. The predicted molar refractivity (Wildman–Crippen MR) is 77.5 cm³/mol. The summed E-state index contributed by atoms with van der Waals surface area (Å²) in [6.07, 6.45) is 7.21. The number of nitrogens with one attached hydrogen (secondary N) is 1. The van der Waals surface area contributed by atoms with Gasteiger partial charge in [-0.25, -0.2) is 0 Å². The third-order valence-corrected chi connectivity index (χ3v) is 7.12. The van der Waals surface area contributed by atoms with E-state index in [1.165, 1.54) is 32.1 Å². The molecule has 0 heterocycles. The topological polar surface area (TPSA) is 12.0 Å². The third kappa shape index (κ3) is 1.69. The van der Waals surface area contributed by atoms with E-state index in [9.17, 15) is 0 Å². The maximum atomic E-state index is 4.12. The Hall–Kier alpha value is -0.0400. The summed E-state index contributed by atoms with van der Waals surface area (Å²) in [5.41, 5.74) is 1.10. The molecule has 1 N–H and O–H groups in total. The Labute approximate surface area is 113 Å². The van der Waals surface area contributed by atoms with Crippen molar-refractivity contribution < 1.29 is 0 Å². The lowest BCUT2D eigenvalue weighted by atomic mass is 9.68. The molecule has 0 aromatic carbocycles. The Balaban J connectivity index is 1.76. The first-order valence-corrected chi connectivity index (χ1v) is 8.10. The van der Waals surface area contributed by atoms with Crippen LogP contribution in [0.25, 0.3) is 0 Å². The van der Waals surface area contributed by atoms with Crippen molar-refractivity contribution >= 4 is 0 Å². The fourth-order valence-electron chi connectivity index (χ4n) is 5.53. The summed E-state index contributed by atoms with van der Waals surface area (Å²) in [7, 11) is 0. The van der Waals surface area contributed by atoms with E-state index in [1.54, 1.807) is 0 Å². The van der Waals surface area contributed by atoms with Gasteiger partial charge in [-0.1, -0.05) is 34.6 Å². The summed E-state index contributed by atoms with van der Waals surface area (Å²) >= 11 is 0. The SMILES string of the molecule is CC1CCC(NC2C3(C)CCC(C3)C2(C)C)C1C. The lowest BCUT2D eigenvalue weighted by Gasteiger charge is -2.45. The summed E-state index contributed by atoms with van der Waals surface area (Å²) in [4.78, 5) is 0. The summed E-state index contributed by atoms with van der Waals surface area (Å²) in [5, 5.41) is 4.12. The van der Waals surface area contributed by atoms with Gasteiger partial charge in [0.25, 0.3) is 0 Å². The fourth-order valence-corrected chi connectivity index (χ4v) is 5.53. The molecule has 0 spiro atoms. The van der Waals surface area contributed by atoms with Crippen molar-refractivity contribution in [3.63, 3.8) is 0 Å². The molecule has 1 nitrogen and oxygen atoms in total. The van der Waals surface area contributed by atoms with E-state index >= 15 is 0 Å². The number of hydrogen-bond donors (Lipinski definition) is 1. The van der Waals surface area contributed by atoms with Crippen LogP contribution in [0.5, 0.6) is 0 Å². The van der Waals surface area contributed by atoms with E-state index < -0.39 is 0 Å². The molecule has 3 fully saturated rings. The fraction of sp³-hybridized carbons (Fsp3) is 1.00. The Morgan fingerprint density at radius 2 is 1.72 bits per heavy atom. The first kappa shape index (κ1) is 13.0. The standard InChI is InChI=1S/C17H31N/c1-11-6-7-14(12(11)2)18-15-16(3,4)13-8-9-17(15,5)10-13/h11-15,18H,6-10H2,1-5H3. The molecule has 3 aliphatic rings. The Morgan fingerprint density at radius 1 is 1.00 bits per heavy atom. The predicted octanol–water partition coefficient (Wildman–Crippen LogP) is 4.23. The molecule has 3 aliphatic carbocycles. The van der Waals surface area contributed by atoms with E-state index in [2.05, 4.69) is 39.9 Å². The van der Waals surface area contributed by atoms with E-state index in [-0.39, 0.29) is 0 Å². The molecule has 3 rings (SSSR count). The first-order valence-electron chi connectivity index (χ1n) is 8.10. The van der Waals surface area contributed by atoms with Gasteiger partial charge in [0.2, 0.25) is 0 Å². The van der Waals surface area contributed by atoms with Gasteiger partial charge in [-0.3, -0.25) is 0 Å². The molecule has 0 saturated heterocycles. The molecule has 0 aliphatic heterocycles. The normalized spacial score (nSPS) is 54.2. The van der Waals surface area contributed by atoms with Crippen molar-refractivity contribution in [2.24, 2.45) is 28.6 Å². The van der Waals surface area contributed by atoms with E-state index in [4.69, 9.17) is 0 Å². The number of rotatable bonds is 2. The molecule has 2 bridgehead atoms. The zero-order chi connectivity index (χ0) is 13.1. The molecule has 0 amide bonds. The van der Waals surface area contributed by atoms with Crippen molar-refractivity contribution in [1.82, 2.24) is 5.32 Å². The average Bonchev–Trinajstić information content (AvgIpc) is 2.87. The second-order valence-corrected chi connectivity index (χ2v) is 8.54. The zero-order valence-electron chi connectivity index (χ0n) is 12.9. The molecule has 0 radical (unpaired) electrons. The van der Waals surface area contributed by atoms with E-state index in [0.29, 0.717) is 10.8 Å². The molecule has 0 aromatic heterocycles. The molecule has 6 unspecified atom stereocenters. The smallest absolute Gasteiger partial charge is 0.0177 e. The molecular weight excluding hydrogens is 218 g/mol. The van der Waals surface area contributed by atoms with Gasteiger partial charge in [-0.15, -0.1) is 0 Å². The highest BCUT2D eigenvalue weighted by Crippen LogP contribution is 2.62. The van der Waals surface area contributed by atoms with Crippen molar-refractivity contribution in [1.29, 1.82) is 0 Å². The lowest BCUT2D eigenvalue weighted by molar-refractivity contribution is 0.0924. The molecule has 6 atom stereocenters. The van der Waals surface area contributed by atoms with Crippen LogP contribution >= 0.6 is 0 Å². The summed E-state index contributed by atoms with van der Waals surface area (Å²) < 4.78 is 0. The van der Waals surface area contributed by atoms with Crippen molar-refractivity contribution in [3.05, 3.63) is 0 Å². The van der Waals surface area contributed by atoms with Crippen LogP contribution in [0.4, 0.5) is 0 Å². The average molecular weight is 249 g/mol. The molecule has 0 aromatic rings.